The number of hydrogen-bond acceptors (Lipinski definition) is 4. The second-order valence-corrected chi connectivity index (χ2v) is 6.85. The van der Waals surface area contributed by atoms with Gasteiger partial charge < -0.3 is 10.4 Å². The van der Waals surface area contributed by atoms with Gasteiger partial charge in [0.2, 0.25) is 0 Å². The summed E-state index contributed by atoms with van der Waals surface area (Å²) in [6.45, 7) is 3.20. The van der Waals surface area contributed by atoms with Crippen molar-refractivity contribution in [2.24, 2.45) is 0 Å². The van der Waals surface area contributed by atoms with Gasteiger partial charge in [0, 0.05) is 35.1 Å². The Bertz CT molecular complexity index is 353. The predicted molar refractivity (Wildman–Crippen MR) is 78.1 cm³/mol. The molecule has 2 atom stereocenters. The van der Waals surface area contributed by atoms with Crippen LogP contribution in [-0.4, -0.2) is 34.2 Å². The molecule has 1 aromatic carbocycles. The monoisotopic (exact) mass is 269 g/mol. The van der Waals surface area contributed by atoms with Gasteiger partial charge in [0.05, 0.1) is 0 Å². The van der Waals surface area contributed by atoms with Crippen LogP contribution in [0.2, 0.25) is 0 Å². The Morgan fingerprint density at radius 2 is 2.35 bits per heavy atom. The van der Waals surface area contributed by atoms with Crippen molar-refractivity contribution in [1.29, 1.82) is 0 Å². The van der Waals surface area contributed by atoms with Crippen molar-refractivity contribution in [3.63, 3.8) is 0 Å². The first-order valence-corrected chi connectivity index (χ1v) is 8.17. The van der Waals surface area contributed by atoms with Crippen molar-refractivity contribution in [1.82, 2.24) is 5.32 Å². The fourth-order valence-corrected chi connectivity index (χ4v) is 4.50. The lowest BCUT2D eigenvalue weighted by Crippen LogP contribution is -2.30. The van der Waals surface area contributed by atoms with Gasteiger partial charge in [-0.2, -0.15) is 23.5 Å². The van der Waals surface area contributed by atoms with Crippen LogP contribution >= 0.6 is 23.5 Å². The number of benzene rings is 1. The molecule has 1 fully saturated rings. The molecule has 1 aliphatic rings. The Hall–Kier alpha value is -0.320. The van der Waals surface area contributed by atoms with Crippen molar-refractivity contribution in [2.45, 2.75) is 18.2 Å². The second kappa shape index (κ2) is 6.57. The first-order valence-electron chi connectivity index (χ1n) is 5.97. The van der Waals surface area contributed by atoms with Crippen molar-refractivity contribution >= 4 is 23.5 Å². The number of nitrogens with one attached hydrogen (secondary N) is 1. The third-order valence-electron chi connectivity index (χ3n) is 2.91. The standard InChI is InChI=1S/C13H19NOS2/c1-10(11-3-2-4-12(15)7-11)14-8-13-9-16-5-6-17-13/h2-4,7,10,13-15H,5-6,8-9H2,1H3. The Morgan fingerprint density at radius 3 is 3.06 bits per heavy atom. The molecule has 1 aliphatic heterocycles. The summed E-state index contributed by atoms with van der Waals surface area (Å²) in [6.07, 6.45) is 0. The molecule has 0 saturated carbocycles. The highest BCUT2D eigenvalue weighted by atomic mass is 32.2. The van der Waals surface area contributed by atoms with Crippen LogP contribution in [0.25, 0.3) is 0 Å². The molecule has 0 aliphatic carbocycles. The number of thioether (sulfide) groups is 2. The van der Waals surface area contributed by atoms with Crippen molar-refractivity contribution in [3.05, 3.63) is 29.8 Å². The molecule has 0 aromatic heterocycles. The van der Waals surface area contributed by atoms with Gasteiger partial charge in [-0.3, -0.25) is 0 Å². The summed E-state index contributed by atoms with van der Waals surface area (Å²) in [5, 5.41) is 13.7. The molecule has 0 radical (unpaired) electrons. The maximum Gasteiger partial charge on any atom is 0.115 e. The molecule has 2 nitrogen and oxygen atoms in total. The van der Waals surface area contributed by atoms with E-state index in [-0.39, 0.29) is 0 Å². The third-order valence-corrected chi connectivity index (χ3v) is 5.75. The van der Waals surface area contributed by atoms with Crippen LogP contribution in [0.3, 0.4) is 0 Å². The SMILES string of the molecule is CC(NCC1CSCCS1)c1cccc(O)c1. The van der Waals surface area contributed by atoms with Crippen LogP contribution in [0.5, 0.6) is 5.75 Å². The number of hydrogen-bond donors (Lipinski definition) is 2. The number of rotatable bonds is 4. The molecule has 1 saturated heterocycles. The summed E-state index contributed by atoms with van der Waals surface area (Å²) in [4.78, 5) is 0. The van der Waals surface area contributed by atoms with Crippen LogP contribution in [0.1, 0.15) is 18.5 Å². The van der Waals surface area contributed by atoms with Crippen LogP contribution in [0.15, 0.2) is 24.3 Å². The quantitative estimate of drug-likeness (QED) is 0.880. The molecule has 0 amide bonds. The zero-order valence-corrected chi connectivity index (χ0v) is 11.7. The lowest BCUT2D eigenvalue weighted by molar-refractivity contribution is 0.472. The molecule has 17 heavy (non-hydrogen) atoms. The fraction of sp³-hybridized carbons (Fsp3) is 0.538. The van der Waals surface area contributed by atoms with E-state index in [1.165, 1.54) is 17.3 Å². The van der Waals surface area contributed by atoms with E-state index >= 15 is 0 Å². The molecule has 94 valence electrons. The van der Waals surface area contributed by atoms with Gasteiger partial charge >= 0.3 is 0 Å². The lowest BCUT2D eigenvalue weighted by Gasteiger charge is -2.23. The van der Waals surface area contributed by atoms with Crippen LogP contribution in [-0.2, 0) is 0 Å². The van der Waals surface area contributed by atoms with Crippen molar-refractivity contribution < 1.29 is 5.11 Å². The van der Waals surface area contributed by atoms with E-state index in [4.69, 9.17) is 0 Å². The number of aromatic hydroxyl groups is 1. The zero-order chi connectivity index (χ0) is 12.1. The summed E-state index contributed by atoms with van der Waals surface area (Å²) in [7, 11) is 0. The summed E-state index contributed by atoms with van der Waals surface area (Å²) in [5.74, 6) is 4.17. The van der Waals surface area contributed by atoms with E-state index < -0.39 is 0 Å². The molecule has 1 heterocycles. The van der Waals surface area contributed by atoms with Gasteiger partial charge in [0.1, 0.15) is 5.75 Å². The molecule has 2 N–H and O–H groups in total. The van der Waals surface area contributed by atoms with Gasteiger partial charge in [0.25, 0.3) is 0 Å². The minimum Gasteiger partial charge on any atom is -0.508 e. The predicted octanol–water partition coefficient (Wildman–Crippen LogP) is 2.89. The topological polar surface area (TPSA) is 32.3 Å². The molecule has 2 unspecified atom stereocenters. The Labute approximate surface area is 112 Å². The zero-order valence-electron chi connectivity index (χ0n) is 10.1. The molecule has 0 bridgehead atoms. The first kappa shape index (κ1) is 13.1. The molecular weight excluding hydrogens is 250 g/mol. The van der Waals surface area contributed by atoms with Gasteiger partial charge in [-0.15, -0.1) is 0 Å². The van der Waals surface area contributed by atoms with Crippen LogP contribution in [0.4, 0.5) is 0 Å². The normalized spacial score (nSPS) is 22.3. The second-order valence-electron chi connectivity index (χ2n) is 4.29. The minimum atomic E-state index is 0.301. The molecular formula is C13H19NOS2. The lowest BCUT2D eigenvalue weighted by atomic mass is 10.1. The first-order chi connectivity index (χ1) is 8.25. The van der Waals surface area contributed by atoms with Crippen LogP contribution in [0, 0.1) is 0 Å². The highest BCUT2D eigenvalue weighted by Crippen LogP contribution is 2.24. The van der Waals surface area contributed by atoms with E-state index in [9.17, 15) is 5.11 Å². The van der Waals surface area contributed by atoms with Crippen LogP contribution < -0.4 is 5.32 Å². The van der Waals surface area contributed by atoms with Gasteiger partial charge in [-0.1, -0.05) is 12.1 Å². The summed E-state index contributed by atoms with van der Waals surface area (Å²) >= 11 is 4.12. The summed E-state index contributed by atoms with van der Waals surface area (Å²) in [6, 6.07) is 7.80. The molecule has 4 heteroatoms. The third kappa shape index (κ3) is 4.12. The Kier molecular flexibility index (Phi) is 5.07. The molecule has 1 aromatic rings. The van der Waals surface area contributed by atoms with Crippen molar-refractivity contribution in [3.8, 4) is 5.75 Å². The average molecular weight is 269 g/mol. The van der Waals surface area contributed by atoms with E-state index in [1.54, 1.807) is 6.07 Å². The highest BCUT2D eigenvalue weighted by Gasteiger charge is 2.15. The summed E-state index contributed by atoms with van der Waals surface area (Å²) < 4.78 is 0. The average Bonchev–Trinajstić information content (AvgIpc) is 2.37. The molecule has 2 rings (SSSR count). The van der Waals surface area contributed by atoms with Crippen molar-refractivity contribution in [2.75, 3.05) is 23.8 Å². The van der Waals surface area contributed by atoms with Gasteiger partial charge in [-0.25, -0.2) is 0 Å². The maximum atomic E-state index is 9.44. The smallest absolute Gasteiger partial charge is 0.115 e. The van der Waals surface area contributed by atoms with E-state index in [0.29, 0.717) is 11.8 Å². The largest absolute Gasteiger partial charge is 0.508 e. The van der Waals surface area contributed by atoms with E-state index in [2.05, 4.69) is 41.8 Å². The molecule has 0 spiro atoms. The van der Waals surface area contributed by atoms with E-state index in [1.807, 2.05) is 12.1 Å². The maximum absolute atomic E-state index is 9.44. The highest BCUT2D eigenvalue weighted by molar-refractivity contribution is 8.06. The summed E-state index contributed by atoms with van der Waals surface area (Å²) in [5.41, 5.74) is 1.15. The van der Waals surface area contributed by atoms with Gasteiger partial charge in [-0.05, 0) is 24.6 Å². The van der Waals surface area contributed by atoms with E-state index in [0.717, 1.165) is 17.4 Å². The minimum absolute atomic E-state index is 0.301. The number of phenols is 1. The Balaban J connectivity index is 1.82. The number of phenolic OH excluding ortho intramolecular Hbond substituents is 1. The fourth-order valence-electron chi connectivity index (χ4n) is 1.87. The van der Waals surface area contributed by atoms with Gasteiger partial charge in [0.15, 0.2) is 0 Å². The Morgan fingerprint density at radius 1 is 1.47 bits per heavy atom.